The number of H-pyrrole nitrogens is 1. The number of nitrogens with zero attached hydrogens (tertiary/aromatic N) is 2. The van der Waals surface area contributed by atoms with Gasteiger partial charge in [0, 0.05) is 42.8 Å². The molecule has 2 heterocycles. The summed E-state index contributed by atoms with van der Waals surface area (Å²) >= 11 is 0. The molecule has 5 rings (SSSR count). The first-order valence-corrected chi connectivity index (χ1v) is 13.3. The van der Waals surface area contributed by atoms with Gasteiger partial charge in [0.25, 0.3) is 0 Å². The number of aryl methyl sites for hydroxylation is 1. The molecule has 5 heteroatoms. The van der Waals surface area contributed by atoms with E-state index in [0.29, 0.717) is 13.0 Å². The first-order valence-electron chi connectivity index (χ1n) is 13.3. The molecule has 1 amide bonds. The predicted molar refractivity (Wildman–Crippen MR) is 152 cm³/mol. The first-order chi connectivity index (χ1) is 18.0. The van der Waals surface area contributed by atoms with Crippen LogP contribution < -0.4 is 5.32 Å². The zero-order valence-electron chi connectivity index (χ0n) is 22.2. The van der Waals surface area contributed by atoms with Crippen LogP contribution in [0.1, 0.15) is 22.4 Å². The second-order valence-electron chi connectivity index (χ2n) is 10.7. The van der Waals surface area contributed by atoms with Gasteiger partial charge >= 0.3 is 0 Å². The number of rotatable bonds is 8. The molecule has 4 aromatic rings. The van der Waals surface area contributed by atoms with Crippen molar-refractivity contribution in [1.29, 1.82) is 0 Å². The van der Waals surface area contributed by atoms with Gasteiger partial charge in [-0.2, -0.15) is 0 Å². The zero-order chi connectivity index (χ0) is 25.8. The minimum Gasteiger partial charge on any atom is -0.358 e. The number of fused-ring (bicyclic) bond motifs is 1. The molecule has 2 N–H and O–H groups in total. The number of benzene rings is 3. The van der Waals surface area contributed by atoms with Gasteiger partial charge in [0.1, 0.15) is 0 Å². The summed E-state index contributed by atoms with van der Waals surface area (Å²) in [4.78, 5) is 22.0. The number of hydrogen-bond acceptors (Lipinski definition) is 3. The summed E-state index contributed by atoms with van der Waals surface area (Å²) in [7, 11) is 4.04. The molecule has 5 nitrogen and oxygen atoms in total. The summed E-state index contributed by atoms with van der Waals surface area (Å²) in [6.07, 6.45) is 2.42. The summed E-state index contributed by atoms with van der Waals surface area (Å²) in [5, 5.41) is 4.94. The summed E-state index contributed by atoms with van der Waals surface area (Å²) in [6, 6.07) is 29.9. The lowest BCUT2D eigenvalue weighted by Crippen LogP contribution is -2.62. The summed E-state index contributed by atoms with van der Waals surface area (Å²) in [5.41, 5.74) is 6.04. The molecule has 0 spiro atoms. The maximum atomic E-state index is 14.3. The third-order valence-electron chi connectivity index (χ3n) is 7.61. The van der Waals surface area contributed by atoms with Crippen LogP contribution in [0.2, 0.25) is 0 Å². The molecular weight excluding hydrogens is 456 g/mol. The third-order valence-corrected chi connectivity index (χ3v) is 7.61. The lowest BCUT2D eigenvalue weighted by molar-refractivity contribution is -0.140. The van der Waals surface area contributed by atoms with E-state index in [1.54, 1.807) is 0 Å². The third kappa shape index (κ3) is 6.12. The number of aromatic nitrogens is 1. The van der Waals surface area contributed by atoms with Crippen molar-refractivity contribution in [3.8, 4) is 0 Å². The molecule has 1 aliphatic heterocycles. The largest absolute Gasteiger partial charge is 0.358 e. The van der Waals surface area contributed by atoms with E-state index in [2.05, 4.69) is 106 Å². The van der Waals surface area contributed by atoms with Crippen LogP contribution in [0, 0.1) is 6.92 Å². The Morgan fingerprint density at radius 2 is 1.65 bits per heavy atom. The Balaban J connectivity index is 1.38. The van der Waals surface area contributed by atoms with Crippen LogP contribution in [0.5, 0.6) is 0 Å². The van der Waals surface area contributed by atoms with Crippen molar-refractivity contribution in [2.45, 2.75) is 44.3 Å². The van der Waals surface area contributed by atoms with E-state index < -0.39 is 0 Å². The smallest absolute Gasteiger partial charge is 0.240 e. The number of likely N-dealkylation sites (N-methyl/N-ethyl adjacent to an activating group) is 1. The fraction of sp³-hybridized carbons (Fsp3) is 0.344. The normalized spacial score (nSPS) is 18.9. The maximum absolute atomic E-state index is 14.3. The number of para-hydroxylation sites is 1. The van der Waals surface area contributed by atoms with Crippen molar-refractivity contribution in [1.82, 2.24) is 20.1 Å². The van der Waals surface area contributed by atoms with E-state index in [4.69, 9.17) is 0 Å². The Morgan fingerprint density at radius 3 is 2.38 bits per heavy atom. The highest BCUT2D eigenvalue weighted by Gasteiger charge is 2.36. The van der Waals surface area contributed by atoms with Gasteiger partial charge in [-0.1, -0.05) is 78.4 Å². The summed E-state index contributed by atoms with van der Waals surface area (Å²) in [6.45, 7) is 3.62. The molecule has 3 atom stereocenters. The van der Waals surface area contributed by atoms with Crippen LogP contribution >= 0.6 is 0 Å². The molecule has 192 valence electrons. The lowest BCUT2D eigenvalue weighted by atomic mass is 9.96. The fourth-order valence-corrected chi connectivity index (χ4v) is 5.48. The molecule has 3 unspecified atom stereocenters. The number of amides is 1. The van der Waals surface area contributed by atoms with Crippen LogP contribution in [-0.4, -0.2) is 66.0 Å². The molecule has 1 aliphatic rings. The Kier molecular flexibility index (Phi) is 7.73. The number of carbonyl (C=O) groups excluding carboxylic acids is 1. The zero-order valence-corrected chi connectivity index (χ0v) is 22.2. The van der Waals surface area contributed by atoms with Gasteiger partial charge in [0.2, 0.25) is 5.91 Å². The average Bonchev–Trinajstić information content (AvgIpc) is 3.32. The highest BCUT2D eigenvalue weighted by atomic mass is 16.2. The number of hydrogen-bond donors (Lipinski definition) is 2. The van der Waals surface area contributed by atoms with Gasteiger partial charge in [-0.15, -0.1) is 0 Å². The second-order valence-corrected chi connectivity index (χ2v) is 10.7. The molecule has 1 fully saturated rings. The molecular formula is C32H38N4O. The average molecular weight is 495 g/mol. The van der Waals surface area contributed by atoms with Crippen LogP contribution in [0.4, 0.5) is 0 Å². The van der Waals surface area contributed by atoms with E-state index in [-0.39, 0.29) is 24.0 Å². The van der Waals surface area contributed by atoms with Gasteiger partial charge in [-0.05, 0) is 62.5 Å². The van der Waals surface area contributed by atoms with E-state index >= 15 is 0 Å². The maximum Gasteiger partial charge on any atom is 0.240 e. The van der Waals surface area contributed by atoms with E-state index in [0.717, 1.165) is 30.6 Å². The van der Waals surface area contributed by atoms with E-state index in [1.807, 2.05) is 20.2 Å². The molecule has 0 radical (unpaired) electrons. The van der Waals surface area contributed by atoms with Crippen molar-refractivity contribution >= 4 is 16.8 Å². The van der Waals surface area contributed by atoms with Gasteiger partial charge in [-0.3, -0.25) is 9.69 Å². The Labute approximate surface area is 220 Å². The molecule has 0 bridgehead atoms. The first kappa shape index (κ1) is 25.2. The van der Waals surface area contributed by atoms with Crippen LogP contribution in [0.3, 0.4) is 0 Å². The lowest BCUT2D eigenvalue weighted by Gasteiger charge is -2.43. The predicted octanol–water partition coefficient (Wildman–Crippen LogP) is 4.60. The van der Waals surface area contributed by atoms with Gasteiger partial charge < -0.3 is 15.2 Å². The quantitative estimate of drug-likeness (QED) is 0.376. The summed E-state index contributed by atoms with van der Waals surface area (Å²) < 4.78 is 0. The van der Waals surface area contributed by atoms with Crippen molar-refractivity contribution in [3.05, 3.63) is 107 Å². The molecule has 1 saturated heterocycles. The van der Waals surface area contributed by atoms with Gasteiger partial charge in [0.05, 0.1) is 6.04 Å². The van der Waals surface area contributed by atoms with Crippen LogP contribution in [0.25, 0.3) is 10.9 Å². The van der Waals surface area contributed by atoms with Crippen molar-refractivity contribution < 1.29 is 4.79 Å². The standard InChI is InChI=1S/C32H38N4O/c1-23-13-15-25(16-14-23)18-29-21-33-28(17-24-9-5-4-6-10-24)22-36(29)32(37)31(35(2)3)20-27-19-26-11-7-8-12-30(26)34-27/h4-16,19,28-29,31,33-34H,17-18,20-22H2,1-3H3. The Hall–Kier alpha value is -3.41. The molecule has 0 saturated carbocycles. The Bertz CT molecular complexity index is 1280. The topological polar surface area (TPSA) is 51.4 Å². The van der Waals surface area contributed by atoms with Crippen LogP contribution in [0.15, 0.2) is 84.9 Å². The van der Waals surface area contributed by atoms with Crippen molar-refractivity contribution in [2.24, 2.45) is 0 Å². The number of aromatic amines is 1. The van der Waals surface area contributed by atoms with Gasteiger partial charge in [0.15, 0.2) is 0 Å². The minimum absolute atomic E-state index is 0.118. The number of piperazine rings is 1. The molecule has 37 heavy (non-hydrogen) atoms. The van der Waals surface area contributed by atoms with Crippen molar-refractivity contribution in [3.63, 3.8) is 0 Å². The highest BCUT2D eigenvalue weighted by molar-refractivity contribution is 5.84. The van der Waals surface area contributed by atoms with E-state index in [1.165, 1.54) is 22.1 Å². The Morgan fingerprint density at radius 1 is 0.946 bits per heavy atom. The van der Waals surface area contributed by atoms with Crippen LogP contribution in [-0.2, 0) is 24.1 Å². The van der Waals surface area contributed by atoms with E-state index in [9.17, 15) is 4.79 Å². The molecule has 1 aromatic heterocycles. The summed E-state index contributed by atoms with van der Waals surface area (Å²) in [5.74, 6) is 0.209. The monoisotopic (exact) mass is 494 g/mol. The van der Waals surface area contributed by atoms with Gasteiger partial charge in [-0.25, -0.2) is 0 Å². The number of carbonyl (C=O) groups is 1. The molecule has 3 aromatic carbocycles. The fourth-order valence-electron chi connectivity index (χ4n) is 5.48. The molecule has 0 aliphatic carbocycles. The van der Waals surface area contributed by atoms with Crippen molar-refractivity contribution in [2.75, 3.05) is 27.2 Å². The number of nitrogens with one attached hydrogen (secondary N) is 2. The highest BCUT2D eigenvalue weighted by Crippen LogP contribution is 2.21. The second kappa shape index (κ2) is 11.3. The minimum atomic E-state index is -0.232. The SMILES string of the molecule is Cc1ccc(CC2CNC(Cc3ccccc3)CN2C(=O)C(Cc2cc3ccccc3[nH]2)N(C)C)cc1.